The Morgan fingerprint density at radius 2 is 2.14 bits per heavy atom. The molecule has 1 aliphatic rings. The van der Waals surface area contributed by atoms with Crippen molar-refractivity contribution in [3.05, 3.63) is 36.0 Å². The molecule has 2 N–H and O–H groups in total. The van der Waals surface area contributed by atoms with Crippen molar-refractivity contribution in [3.63, 3.8) is 0 Å². The lowest BCUT2D eigenvalue weighted by molar-refractivity contribution is -0.118. The fraction of sp³-hybridized carbons (Fsp3) is 0.412. The number of carbonyl (C=O) groups excluding carboxylic acids is 1. The van der Waals surface area contributed by atoms with E-state index in [1.807, 2.05) is 37.3 Å². The Morgan fingerprint density at radius 1 is 1.29 bits per heavy atom. The molecule has 1 aromatic heterocycles. The molecule has 1 fully saturated rings. The Labute approximate surface area is 125 Å². The van der Waals surface area contributed by atoms with Gasteiger partial charge >= 0.3 is 0 Å². The molecule has 0 radical (unpaired) electrons. The summed E-state index contributed by atoms with van der Waals surface area (Å²) in [6, 6.07) is 9.77. The van der Waals surface area contributed by atoms with E-state index in [1.54, 1.807) is 0 Å². The maximum Gasteiger partial charge on any atom is 0.241 e. The van der Waals surface area contributed by atoms with Gasteiger partial charge in [-0.25, -0.2) is 0 Å². The monoisotopic (exact) mass is 283 g/mol. The highest BCUT2D eigenvalue weighted by Gasteiger charge is 2.20. The molecular weight excluding hydrogens is 262 g/mol. The van der Waals surface area contributed by atoms with Gasteiger partial charge in [0.15, 0.2) is 0 Å². The first-order valence-corrected chi connectivity index (χ1v) is 7.65. The van der Waals surface area contributed by atoms with Crippen LogP contribution in [0, 0.1) is 6.92 Å². The zero-order valence-corrected chi connectivity index (χ0v) is 12.4. The Kier molecular flexibility index (Phi) is 4.15. The van der Waals surface area contributed by atoms with Gasteiger partial charge in [-0.3, -0.25) is 9.78 Å². The summed E-state index contributed by atoms with van der Waals surface area (Å²) in [6.45, 7) is 2.88. The van der Waals surface area contributed by atoms with Crippen LogP contribution in [0.1, 0.15) is 31.4 Å². The molecule has 1 aliphatic heterocycles. The smallest absolute Gasteiger partial charge is 0.241 e. The molecular formula is C17H21N3O. The highest BCUT2D eigenvalue weighted by Crippen LogP contribution is 2.23. The molecule has 0 bridgehead atoms. The molecule has 21 heavy (non-hydrogen) atoms. The van der Waals surface area contributed by atoms with Gasteiger partial charge < -0.3 is 10.6 Å². The van der Waals surface area contributed by atoms with E-state index in [9.17, 15) is 4.79 Å². The molecule has 2 heterocycles. The number of hydrogen-bond donors (Lipinski definition) is 2. The minimum absolute atomic E-state index is 0.0626. The van der Waals surface area contributed by atoms with Crippen LogP contribution in [0.25, 0.3) is 10.9 Å². The Balaban J connectivity index is 1.85. The standard InChI is InChI=1S/C17H21N3O/c1-12-11-16(13-7-4-5-8-14(13)19-12)20-17(21)15-9-3-2-6-10-18-15/h4-5,7-8,11,15,18H,2-3,6,9-10H2,1H3,(H,19,20,21). The first-order valence-electron chi connectivity index (χ1n) is 7.65. The van der Waals surface area contributed by atoms with Gasteiger partial charge in [-0.05, 0) is 38.4 Å². The zero-order valence-electron chi connectivity index (χ0n) is 12.4. The summed E-state index contributed by atoms with van der Waals surface area (Å²) in [7, 11) is 0. The van der Waals surface area contributed by atoms with Crippen molar-refractivity contribution in [2.75, 3.05) is 11.9 Å². The van der Waals surface area contributed by atoms with Crippen LogP contribution in [0.3, 0.4) is 0 Å². The van der Waals surface area contributed by atoms with Crippen molar-refractivity contribution < 1.29 is 4.79 Å². The van der Waals surface area contributed by atoms with E-state index in [-0.39, 0.29) is 11.9 Å². The second kappa shape index (κ2) is 6.22. The van der Waals surface area contributed by atoms with Crippen molar-refractivity contribution in [1.82, 2.24) is 10.3 Å². The first-order chi connectivity index (χ1) is 10.2. The normalized spacial score (nSPS) is 19.2. The SMILES string of the molecule is Cc1cc(NC(=O)C2CCCCCN2)c2ccccc2n1. The highest BCUT2D eigenvalue weighted by molar-refractivity contribution is 6.02. The van der Waals surface area contributed by atoms with Crippen LogP contribution < -0.4 is 10.6 Å². The summed E-state index contributed by atoms with van der Waals surface area (Å²) < 4.78 is 0. The molecule has 3 rings (SSSR count). The molecule has 0 spiro atoms. The van der Waals surface area contributed by atoms with Crippen molar-refractivity contribution in [3.8, 4) is 0 Å². The number of pyridine rings is 1. The first kappa shape index (κ1) is 14.0. The van der Waals surface area contributed by atoms with Crippen LogP contribution in [-0.2, 0) is 4.79 Å². The van der Waals surface area contributed by atoms with Crippen molar-refractivity contribution in [1.29, 1.82) is 0 Å². The number of nitrogens with zero attached hydrogens (tertiary/aromatic N) is 1. The predicted octanol–water partition coefficient (Wildman–Crippen LogP) is 3.01. The quantitative estimate of drug-likeness (QED) is 0.890. The Bertz CT molecular complexity index is 646. The van der Waals surface area contributed by atoms with Crippen LogP contribution in [-0.4, -0.2) is 23.5 Å². The minimum Gasteiger partial charge on any atom is -0.324 e. The number of carbonyl (C=O) groups is 1. The Morgan fingerprint density at radius 3 is 3.05 bits per heavy atom. The summed E-state index contributed by atoms with van der Waals surface area (Å²) in [5.74, 6) is 0.0626. The second-order valence-electron chi connectivity index (χ2n) is 5.67. The van der Waals surface area contributed by atoms with E-state index in [0.717, 1.165) is 48.1 Å². The van der Waals surface area contributed by atoms with Crippen LogP contribution in [0.4, 0.5) is 5.69 Å². The minimum atomic E-state index is -0.0836. The number of rotatable bonds is 2. The van der Waals surface area contributed by atoms with Crippen molar-refractivity contribution in [2.45, 2.75) is 38.6 Å². The van der Waals surface area contributed by atoms with Crippen molar-refractivity contribution in [2.24, 2.45) is 0 Å². The fourth-order valence-electron chi connectivity index (χ4n) is 2.88. The molecule has 0 aliphatic carbocycles. The molecule has 2 aromatic rings. The molecule has 1 atom stereocenters. The lowest BCUT2D eigenvalue weighted by Gasteiger charge is -2.17. The lowest BCUT2D eigenvalue weighted by Crippen LogP contribution is -2.39. The maximum atomic E-state index is 12.5. The third-order valence-corrected chi connectivity index (χ3v) is 3.98. The van der Waals surface area contributed by atoms with Crippen molar-refractivity contribution >= 4 is 22.5 Å². The van der Waals surface area contributed by atoms with Gasteiger partial charge in [-0.2, -0.15) is 0 Å². The van der Waals surface area contributed by atoms with Crippen LogP contribution >= 0.6 is 0 Å². The van der Waals surface area contributed by atoms with Crippen LogP contribution in [0.2, 0.25) is 0 Å². The molecule has 1 saturated heterocycles. The van der Waals surface area contributed by atoms with E-state index in [1.165, 1.54) is 6.42 Å². The van der Waals surface area contributed by atoms with Crippen LogP contribution in [0.5, 0.6) is 0 Å². The van der Waals surface area contributed by atoms with Gasteiger partial charge in [0.05, 0.1) is 17.2 Å². The Hall–Kier alpha value is -1.94. The van der Waals surface area contributed by atoms with Gasteiger partial charge in [0.2, 0.25) is 5.91 Å². The molecule has 1 aromatic carbocycles. The van der Waals surface area contributed by atoms with E-state index < -0.39 is 0 Å². The van der Waals surface area contributed by atoms with Gasteiger partial charge in [0.25, 0.3) is 0 Å². The van der Waals surface area contributed by atoms with Gasteiger partial charge in [-0.15, -0.1) is 0 Å². The summed E-state index contributed by atoms with van der Waals surface area (Å²) in [5, 5.41) is 7.41. The van der Waals surface area contributed by atoms with E-state index in [4.69, 9.17) is 0 Å². The lowest BCUT2D eigenvalue weighted by atomic mass is 10.1. The predicted molar refractivity (Wildman–Crippen MR) is 85.4 cm³/mol. The van der Waals surface area contributed by atoms with E-state index in [2.05, 4.69) is 15.6 Å². The van der Waals surface area contributed by atoms with Gasteiger partial charge in [0.1, 0.15) is 0 Å². The van der Waals surface area contributed by atoms with Gasteiger partial charge in [-0.1, -0.05) is 31.0 Å². The number of amides is 1. The number of nitrogens with one attached hydrogen (secondary N) is 2. The summed E-state index contributed by atoms with van der Waals surface area (Å²) in [4.78, 5) is 17.0. The zero-order chi connectivity index (χ0) is 14.7. The van der Waals surface area contributed by atoms with Crippen LogP contribution in [0.15, 0.2) is 30.3 Å². The van der Waals surface area contributed by atoms with E-state index >= 15 is 0 Å². The number of aryl methyl sites for hydroxylation is 1. The highest BCUT2D eigenvalue weighted by atomic mass is 16.2. The number of aromatic nitrogens is 1. The molecule has 110 valence electrons. The van der Waals surface area contributed by atoms with E-state index in [0.29, 0.717) is 0 Å². The summed E-state index contributed by atoms with van der Waals surface area (Å²) in [5.41, 5.74) is 2.69. The molecule has 1 unspecified atom stereocenters. The number of fused-ring (bicyclic) bond motifs is 1. The number of anilines is 1. The maximum absolute atomic E-state index is 12.5. The molecule has 0 saturated carbocycles. The fourth-order valence-corrected chi connectivity index (χ4v) is 2.88. The number of para-hydroxylation sites is 1. The van der Waals surface area contributed by atoms with Gasteiger partial charge in [0, 0.05) is 11.1 Å². The third kappa shape index (κ3) is 3.22. The third-order valence-electron chi connectivity index (χ3n) is 3.98. The largest absolute Gasteiger partial charge is 0.324 e. The molecule has 1 amide bonds. The summed E-state index contributed by atoms with van der Waals surface area (Å²) >= 11 is 0. The average molecular weight is 283 g/mol. The number of hydrogen-bond acceptors (Lipinski definition) is 3. The summed E-state index contributed by atoms with van der Waals surface area (Å²) in [6.07, 6.45) is 4.38. The topological polar surface area (TPSA) is 54.0 Å². The number of benzene rings is 1. The average Bonchev–Trinajstić information content (AvgIpc) is 2.76. The molecule has 4 heteroatoms. The molecule has 4 nitrogen and oxygen atoms in total. The second-order valence-corrected chi connectivity index (χ2v) is 5.67.